The fourth-order valence-corrected chi connectivity index (χ4v) is 1.97. The lowest BCUT2D eigenvalue weighted by atomic mass is 10.2. The minimum Gasteiger partial charge on any atom is -0.508 e. The molecule has 0 aliphatic carbocycles. The van der Waals surface area contributed by atoms with Crippen molar-refractivity contribution in [3.63, 3.8) is 0 Å². The van der Waals surface area contributed by atoms with Crippen molar-refractivity contribution in [3.05, 3.63) is 23.8 Å². The third-order valence-electron chi connectivity index (χ3n) is 2.36. The fourth-order valence-electron chi connectivity index (χ4n) is 1.27. The molecule has 0 atom stereocenters. The van der Waals surface area contributed by atoms with Crippen LogP contribution >= 0.6 is 0 Å². The van der Waals surface area contributed by atoms with E-state index in [2.05, 4.69) is 5.32 Å². The number of carbonyl (C=O) groups excluding carboxylic acids is 1. The maximum absolute atomic E-state index is 11.6. The monoisotopic (exact) mass is 273 g/mol. The van der Waals surface area contributed by atoms with Gasteiger partial charge in [-0.3, -0.25) is 4.79 Å². The van der Waals surface area contributed by atoms with Crippen molar-refractivity contribution in [2.75, 3.05) is 18.1 Å². The molecule has 1 amide bonds. The highest BCUT2D eigenvalue weighted by molar-refractivity contribution is 7.91. The van der Waals surface area contributed by atoms with E-state index in [0.717, 1.165) is 6.07 Å². The second kappa shape index (κ2) is 5.72. The molecule has 0 aromatic heterocycles. The van der Waals surface area contributed by atoms with Gasteiger partial charge in [-0.15, -0.1) is 0 Å². The summed E-state index contributed by atoms with van der Waals surface area (Å²) in [5.41, 5.74) is -0.0936. The summed E-state index contributed by atoms with van der Waals surface area (Å²) in [4.78, 5) is 11.6. The maximum atomic E-state index is 11.6. The Morgan fingerprint density at radius 2 is 2.00 bits per heavy atom. The second-order valence-electron chi connectivity index (χ2n) is 3.69. The molecule has 18 heavy (non-hydrogen) atoms. The molecule has 1 aromatic carbocycles. The first kappa shape index (κ1) is 14.3. The Morgan fingerprint density at radius 3 is 2.61 bits per heavy atom. The van der Waals surface area contributed by atoms with Gasteiger partial charge in [0, 0.05) is 12.3 Å². The van der Waals surface area contributed by atoms with E-state index in [1.165, 1.54) is 19.1 Å². The molecule has 100 valence electrons. The van der Waals surface area contributed by atoms with E-state index in [0.29, 0.717) is 0 Å². The highest BCUT2D eigenvalue weighted by Crippen LogP contribution is 2.21. The third kappa shape index (κ3) is 3.92. The van der Waals surface area contributed by atoms with E-state index in [1.54, 1.807) is 0 Å². The van der Waals surface area contributed by atoms with Gasteiger partial charge in [-0.2, -0.15) is 0 Å². The number of aromatic hydroxyl groups is 2. The molecule has 0 unspecified atom stereocenters. The molecule has 0 aliphatic heterocycles. The number of sulfone groups is 1. The summed E-state index contributed by atoms with van der Waals surface area (Å²) in [6, 6.07) is 3.54. The van der Waals surface area contributed by atoms with Crippen molar-refractivity contribution >= 4 is 15.7 Å². The molecule has 0 saturated carbocycles. The number of hydrogen-bond acceptors (Lipinski definition) is 5. The first-order valence-corrected chi connectivity index (χ1v) is 7.18. The summed E-state index contributed by atoms with van der Waals surface area (Å²) in [6.07, 6.45) is 0. The summed E-state index contributed by atoms with van der Waals surface area (Å²) in [5, 5.41) is 21.0. The van der Waals surface area contributed by atoms with E-state index < -0.39 is 15.7 Å². The smallest absolute Gasteiger partial charge is 0.255 e. The van der Waals surface area contributed by atoms with Crippen LogP contribution in [0.5, 0.6) is 11.5 Å². The molecule has 0 saturated heterocycles. The zero-order valence-corrected chi connectivity index (χ0v) is 10.7. The number of hydrogen-bond donors (Lipinski definition) is 3. The number of phenolic OH excluding ortho intramolecular Hbond substituents is 2. The molecular formula is C11H15NO5S. The van der Waals surface area contributed by atoms with E-state index >= 15 is 0 Å². The van der Waals surface area contributed by atoms with Crippen molar-refractivity contribution in [3.8, 4) is 11.5 Å². The van der Waals surface area contributed by atoms with E-state index in [-0.39, 0.29) is 35.1 Å². The molecule has 3 N–H and O–H groups in total. The summed E-state index contributed by atoms with van der Waals surface area (Å²) in [5.74, 6) is -1.20. The van der Waals surface area contributed by atoms with Crippen LogP contribution in [0.2, 0.25) is 0 Å². The van der Waals surface area contributed by atoms with Gasteiger partial charge in [0.2, 0.25) is 0 Å². The van der Waals surface area contributed by atoms with Crippen LogP contribution in [0.3, 0.4) is 0 Å². The van der Waals surface area contributed by atoms with Crippen molar-refractivity contribution in [2.24, 2.45) is 0 Å². The first-order chi connectivity index (χ1) is 8.35. The molecule has 0 heterocycles. The fraction of sp³-hybridized carbons (Fsp3) is 0.364. The molecular weight excluding hydrogens is 258 g/mol. The molecule has 0 radical (unpaired) electrons. The molecule has 0 spiro atoms. The minimum atomic E-state index is -3.14. The minimum absolute atomic E-state index is 0.0141. The van der Waals surface area contributed by atoms with E-state index in [1.807, 2.05) is 0 Å². The van der Waals surface area contributed by atoms with Gasteiger partial charge in [0.15, 0.2) is 9.84 Å². The van der Waals surface area contributed by atoms with Crippen LogP contribution in [0.15, 0.2) is 18.2 Å². The zero-order chi connectivity index (χ0) is 13.8. The highest BCUT2D eigenvalue weighted by Gasteiger charge is 2.13. The molecule has 0 bridgehead atoms. The summed E-state index contributed by atoms with van der Waals surface area (Å²) >= 11 is 0. The Labute approximate surface area is 105 Å². The Bertz CT molecular complexity index is 538. The lowest BCUT2D eigenvalue weighted by Gasteiger charge is -2.07. The standard InChI is InChI=1S/C11H15NO5S/c1-2-18(16,17)6-5-12-11(15)9-7-8(13)3-4-10(9)14/h3-4,7,13-14H,2,5-6H2,1H3,(H,12,15). The largest absolute Gasteiger partial charge is 0.508 e. The number of nitrogens with one attached hydrogen (secondary N) is 1. The maximum Gasteiger partial charge on any atom is 0.255 e. The number of amides is 1. The number of phenols is 2. The average Bonchev–Trinajstić information content (AvgIpc) is 2.32. The number of rotatable bonds is 5. The average molecular weight is 273 g/mol. The molecule has 0 aliphatic rings. The third-order valence-corrected chi connectivity index (χ3v) is 4.07. The van der Waals surface area contributed by atoms with Crippen LogP contribution in [0.1, 0.15) is 17.3 Å². The van der Waals surface area contributed by atoms with Gasteiger partial charge in [0.25, 0.3) is 5.91 Å². The first-order valence-electron chi connectivity index (χ1n) is 5.36. The Balaban J connectivity index is 2.64. The summed E-state index contributed by atoms with van der Waals surface area (Å²) in [7, 11) is -3.14. The molecule has 6 nitrogen and oxygen atoms in total. The van der Waals surface area contributed by atoms with Gasteiger partial charge in [-0.05, 0) is 18.2 Å². The summed E-state index contributed by atoms with van der Waals surface area (Å²) < 4.78 is 22.4. The van der Waals surface area contributed by atoms with E-state index in [4.69, 9.17) is 0 Å². The quantitative estimate of drug-likeness (QED) is 0.668. The van der Waals surface area contributed by atoms with Crippen LogP contribution in [0.4, 0.5) is 0 Å². The van der Waals surface area contributed by atoms with Gasteiger partial charge in [-0.25, -0.2) is 8.42 Å². The Kier molecular flexibility index (Phi) is 4.55. The second-order valence-corrected chi connectivity index (χ2v) is 6.17. The lowest BCUT2D eigenvalue weighted by molar-refractivity contribution is 0.0953. The predicted molar refractivity (Wildman–Crippen MR) is 66.4 cm³/mol. The van der Waals surface area contributed by atoms with E-state index in [9.17, 15) is 23.4 Å². The topological polar surface area (TPSA) is 104 Å². The van der Waals surface area contributed by atoms with Gasteiger partial charge in [-0.1, -0.05) is 6.92 Å². The van der Waals surface area contributed by atoms with Crippen LogP contribution in [-0.2, 0) is 9.84 Å². The van der Waals surface area contributed by atoms with Crippen LogP contribution in [-0.4, -0.2) is 42.6 Å². The molecule has 1 aromatic rings. The molecule has 0 fully saturated rings. The normalized spacial score (nSPS) is 11.2. The molecule has 7 heteroatoms. The van der Waals surface area contributed by atoms with Gasteiger partial charge >= 0.3 is 0 Å². The van der Waals surface area contributed by atoms with Gasteiger partial charge < -0.3 is 15.5 Å². The van der Waals surface area contributed by atoms with Crippen LogP contribution < -0.4 is 5.32 Å². The molecule has 1 rings (SSSR count). The van der Waals surface area contributed by atoms with Crippen molar-refractivity contribution in [2.45, 2.75) is 6.92 Å². The highest BCUT2D eigenvalue weighted by atomic mass is 32.2. The lowest BCUT2D eigenvalue weighted by Crippen LogP contribution is -2.29. The van der Waals surface area contributed by atoms with Gasteiger partial charge in [0.05, 0.1) is 11.3 Å². The van der Waals surface area contributed by atoms with Crippen LogP contribution in [0, 0.1) is 0 Å². The van der Waals surface area contributed by atoms with Crippen molar-refractivity contribution in [1.29, 1.82) is 0 Å². The Hall–Kier alpha value is -1.76. The SMILES string of the molecule is CCS(=O)(=O)CCNC(=O)c1cc(O)ccc1O. The van der Waals surface area contributed by atoms with Gasteiger partial charge in [0.1, 0.15) is 11.5 Å². The zero-order valence-electron chi connectivity index (χ0n) is 9.88. The predicted octanol–water partition coefficient (Wildman–Crippen LogP) is 0.262. The van der Waals surface area contributed by atoms with Crippen LogP contribution in [0.25, 0.3) is 0 Å². The Morgan fingerprint density at radius 1 is 1.33 bits per heavy atom. The van der Waals surface area contributed by atoms with Crippen molar-refractivity contribution in [1.82, 2.24) is 5.32 Å². The number of benzene rings is 1. The number of carbonyl (C=O) groups is 1. The van der Waals surface area contributed by atoms with Crippen molar-refractivity contribution < 1.29 is 23.4 Å². The summed E-state index contributed by atoms with van der Waals surface area (Å²) in [6.45, 7) is 1.49.